The number of nitrogens with one attached hydrogen (secondary N) is 1. The highest BCUT2D eigenvalue weighted by Gasteiger charge is 2.01. The van der Waals surface area contributed by atoms with Gasteiger partial charge in [-0.1, -0.05) is 0 Å². The first-order chi connectivity index (χ1) is 8.33. The molecule has 0 saturated carbocycles. The fourth-order valence-corrected chi connectivity index (χ4v) is 1.54. The van der Waals surface area contributed by atoms with Gasteiger partial charge < -0.3 is 10.4 Å². The van der Waals surface area contributed by atoms with Crippen LogP contribution < -0.4 is 5.32 Å². The highest BCUT2D eigenvalue weighted by Crippen LogP contribution is 2.00. The van der Waals surface area contributed by atoms with Gasteiger partial charge in [0.05, 0.1) is 0 Å². The molecule has 0 aromatic carbocycles. The normalized spacial score (nSPS) is 10.2. The summed E-state index contributed by atoms with van der Waals surface area (Å²) in [5.74, 6) is 0.0887. The number of aliphatic hydroxyl groups is 1. The molecule has 4 heteroatoms. The summed E-state index contributed by atoms with van der Waals surface area (Å²) in [6.45, 7) is 0.936. The smallest absolute Gasteiger partial charge is 0.220 e. The van der Waals surface area contributed by atoms with E-state index in [0.717, 1.165) is 31.2 Å². The van der Waals surface area contributed by atoms with Gasteiger partial charge in [-0.3, -0.25) is 9.78 Å². The molecule has 0 bridgehead atoms. The van der Waals surface area contributed by atoms with E-state index in [1.54, 1.807) is 12.4 Å². The van der Waals surface area contributed by atoms with Crippen LogP contribution in [0.15, 0.2) is 24.5 Å². The summed E-state index contributed by atoms with van der Waals surface area (Å²) in [4.78, 5) is 15.4. The second-order valence-corrected chi connectivity index (χ2v) is 3.99. The lowest BCUT2D eigenvalue weighted by atomic mass is 10.1. The highest BCUT2D eigenvalue weighted by atomic mass is 16.2. The molecule has 0 fully saturated rings. The van der Waals surface area contributed by atoms with Crippen LogP contribution in [0, 0.1) is 0 Å². The van der Waals surface area contributed by atoms with Crippen LogP contribution in [-0.4, -0.2) is 29.1 Å². The number of amides is 1. The molecular weight excluding hydrogens is 216 g/mol. The van der Waals surface area contributed by atoms with Gasteiger partial charge in [-0.05, 0) is 43.4 Å². The molecule has 0 aliphatic carbocycles. The molecule has 0 aliphatic rings. The second kappa shape index (κ2) is 8.70. The van der Waals surface area contributed by atoms with Crippen molar-refractivity contribution in [3.63, 3.8) is 0 Å². The van der Waals surface area contributed by atoms with Crippen molar-refractivity contribution in [3.8, 4) is 0 Å². The third kappa shape index (κ3) is 6.68. The average Bonchev–Trinajstić information content (AvgIpc) is 2.37. The van der Waals surface area contributed by atoms with Crippen molar-refractivity contribution < 1.29 is 9.90 Å². The number of aliphatic hydroxyl groups excluding tert-OH is 1. The molecule has 94 valence electrons. The fourth-order valence-electron chi connectivity index (χ4n) is 1.54. The van der Waals surface area contributed by atoms with Crippen molar-refractivity contribution in [3.05, 3.63) is 30.1 Å². The summed E-state index contributed by atoms with van der Waals surface area (Å²) < 4.78 is 0. The lowest BCUT2D eigenvalue weighted by Crippen LogP contribution is -2.24. The summed E-state index contributed by atoms with van der Waals surface area (Å²) in [5, 5.41) is 11.5. The number of pyridine rings is 1. The molecule has 1 aromatic rings. The van der Waals surface area contributed by atoms with Crippen LogP contribution in [-0.2, 0) is 11.2 Å². The first-order valence-electron chi connectivity index (χ1n) is 6.09. The molecule has 0 radical (unpaired) electrons. The van der Waals surface area contributed by atoms with Gasteiger partial charge in [0.15, 0.2) is 0 Å². The Morgan fingerprint density at radius 1 is 1.24 bits per heavy atom. The third-order valence-electron chi connectivity index (χ3n) is 2.55. The number of carbonyl (C=O) groups excluding carboxylic acids is 1. The van der Waals surface area contributed by atoms with E-state index in [9.17, 15) is 4.79 Å². The van der Waals surface area contributed by atoms with Crippen molar-refractivity contribution in [2.24, 2.45) is 0 Å². The molecule has 1 rings (SSSR count). The molecule has 0 aliphatic heterocycles. The zero-order valence-electron chi connectivity index (χ0n) is 10.1. The Kier molecular flexibility index (Phi) is 6.98. The lowest BCUT2D eigenvalue weighted by Gasteiger charge is -2.04. The molecule has 0 atom stereocenters. The van der Waals surface area contributed by atoms with Crippen LogP contribution in [0.1, 0.15) is 31.2 Å². The Bertz CT molecular complexity index is 314. The van der Waals surface area contributed by atoms with Crippen molar-refractivity contribution in [1.29, 1.82) is 0 Å². The van der Waals surface area contributed by atoms with Crippen LogP contribution in [0.3, 0.4) is 0 Å². The first-order valence-corrected chi connectivity index (χ1v) is 6.09. The lowest BCUT2D eigenvalue weighted by molar-refractivity contribution is -0.121. The quantitative estimate of drug-likeness (QED) is 0.669. The van der Waals surface area contributed by atoms with Crippen LogP contribution in [0.5, 0.6) is 0 Å². The average molecular weight is 236 g/mol. The van der Waals surface area contributed by atoms with E-state index in [-0.39, 0.29) is 12.5 Å². The zero-order chi connectivity index (χ0) is 12.3. The largest absolute Gasteiger partial charge is 0.396 e. The van der Waals surface area contributed by atoms with E-state index in [1.807, 2.05) is 12.1 Å². The second-order valence-electron chi connectivity index (χ2n) is 3.99. The van der Waals surface area contributed by atoms with E-state index in [2.05, 4.69) is 10.3 Å². The summed E-state index contributed by atoms with van der Waals surface area (Å²) in [6.07, 6.45) is 7.45. The van der Waals surface area contributed by atoms with Crippen molar-refractivity contribution >= 4 is 5.91 Å². The summed E-state index contributed by atoms with van der Waals surface area (Å²) in [5.41, 5.74) is 1.13. The van der Waals surface area contributed by atoms with E-state index < -0.39 is 0 Å². The van der Waals surface area contributed by atoms with Gasteiger partial charge in [0.1, 0.15) is 0 Å². The van der Waals surface area contributed by atoms with Crippen LogP contribution >= 0.6 is 0 Å². The SMILES string of the molecule is O=C(CCc1ccncc1)NCCCCCO. The topological polar surface area (TPSA) is 62.2 Å². The number of hydrogen-bond donors (Lipinski definition) is 2. The minimum Gasteiger partial charge on any atom is -0.396 e. The molecule has 17 heavy (non-hydrogen) atoms. The fraction of sp³-hybridized carbons (Fsp3) is 0.538. The van der Waals surface area contributed by atoms with Crippen molar-refractivity contribution in [2.75, 3.05) is 13.2 Å². The number of unbranched alkanes of at least 4 members (excludes halogenated alkanes) is 2. The van der Waals surface area contributed by atoms with Gasteiger partial charge in [0, 0.05) is 32.0 Å². The maximum atomic E-state index is 11.5. The van der Waals surface area contributed by atoms with E-state index in [0.29, 0.717) is 13.0 Å². The monoisotopic (exact) mass is 236 g/mol. The number of nitrogens with zero attached hydrogens (tertiary/aromatic N) is 1. The first kappa shape index (κ1) is 13.6. The molecule has 1 heterocycles. The Morgan fingerprint density at radius 2 is 2.00 bits per heavy atom. The molecule has 0 unspecified atom stereocenters. The Labute approximate surface area is 102 Å². The van der Waals surface area contributed by atoms with Crippen LogP contribution in [0.2, 0.25) is 0 Å². The highest BCUT2D eigenvalue weighted by molar-refractivity contribution is 5.76. The van der Waals surface area contributed by atoms with Crippen LogP contribution in [0.4, 0.5) is 0 Å². The molecule has 4 nitrogen and oxygen atoms in total. The van der Waals surface area contributed by atoms with Gasteiger partial charge in [0.2, 0.25) is 5.91 Å². The molecule has 0 saturated heterocycles. The number of hydrogen-bond acceptors (Lipinski definition) is 3. The van der Waals surface area contributed by atoms with Crippen molar-refractivity contribution in [1.82, 2.24) is 10.3 Å². The minimum absolute atomic E-state index is 0.0887. The van der Waals surface area contributed by atoms with Gasteiger partial charge in [-0.2, -0.15) is 0 Å². The zero-order valence-corrected chi connectivity index (χ0v) is 10.1. The van der Waals surface area contributed by atoms with Gasteiger partial charge in [-0.25, -0.2) is 0 Å². The Morgan fingerprint density at radius 3 is 2.71 bits per heavy atom. The molecule has 0 spiro atoms. The molecule has 1 aromatic heterocycles. The maximum Gasteiger partial charge on any atom is 0.220 e. The van der Waals surface area contributed by atoms with E-state index in [4.69, 9.17) is 5.11 Å². The maximum absolute atomic E-state index is 11.5. The van der Waals surface area contributed by atoms with Crippen LogP contribution in [0.25, 0.3) is 0 Å². The molecule has 1 amide bonds. The number of carbonyl (C=O) groups is 1. The predicted molar refractivity (Wildman–Crippen MR) is 66.5 cm³/mol. The Hall–Kier alpha value is -1.42. The minimum atomic E-state index is 0.0887. The van der Waals surface area contributed by atoms with Gasteiger partial charge >= 0.3 is 0 Å². The molecule has 2 N–H and O–H groups in total. The Balaban J connectivity index is 2.05. The summed E-state index contributed by atoms with van der Waals surface area (Å²) in [7, 11) is 0. The third-order valence-corrected chi connectivity index (χ3v) is 2.55. The van der Waals surface area contributed by atoms with E-state index in [1.165, 1.54) is 0 Å². The number of aryl methyl sites for hydroxylation is 1. The predicted octanol–water partition coefficient (Wildman–Crippen LogP) is 1.29. The van der Waals surface area contributed by atoms with Crippen molar-refractivity contribution in [2.45, 2.75) is 32.1 Å². The number of rotatable bonds is 8. The summed E-state index contributed by atoms with van der Waals surface area (Å²) >= 11 is 0. The summed E-state index contributed by atoms with van der Waals surface area (Å²) in [6, 6.07) is 3.85. The standard InChI is InChI=1S/C13H20N2O2/c16-11-3-1-2-8-15-13(17)5-4-12-6-9-14-10-7-12/h6-7,9-10,16H,1-5,8,11H2,(H,15,17). The van der Waals surface area contributed by atoms with Gasteiger partial charge in [0.25, 0.3) is 0 Å². The number of aromatic nitrogens is 1. The molecular formula is C13H20N2O2. The van der Waals surface area contributed by atoms with E-state index >= 15 is 0 Å². The van der Waals surface area contributed by atoms with Gasteiger partial charge in [-0.15, -0.1) is 0 Å².